The van der Waals surface area contributed by atoms with Crippen LogP contribution in [0.25, 0.3) is 0 Å². The largest absolute Gasteiger partial charge is 1.00 e. The zero-order valence-corrected chi connectivity index (χ0v) is 15.8. The van der Waals surface area contributed by atoms with Crippen LogP contribution >= 0.6 is 8.25 Å². The second-order valence-corrected chi connectivity index (χ2v) is 3.87. The molecule has 0 atom stereocenters. The molecule has 0 bridgehead atoms. The summed E-state index contributed by atoms with van der Waals surface area (Å²) in [5, 5.41) is 9.35. The van der Waals surface area contributed by atoms with Crippen molar-refractivity contribution < 1.29 is 78.6 Å². The Morgan fingerprint density at radius 2 is 1.65 bits per heavy atom. The molecule has 0 aliphatic heterocycles. The molecule has 1 aromatic carbocycles. The van der Waals surface area contributed by atoms with Gasteiger partial charge >= 0.3 is 59.1 Å². The Morgan fingerprint density at radius 3 is 1.94 bits per heavy atom. The molecule has 17 heavy (non-hydrogen) atoms. The maximum atomic E-state index is 9.35. The van der Waals surface area contributed by atoms with Gasteiger partial charge in [-0.15, -0.1) is 0 Å². The fraction of sp³-hybridized carbons (Fsp3) is 0.400. The smallest absolute Gasteiger partial charge is 0.598 e. The van der Waals surface area contributed by atoms with Crippen molar-refractivity contribution in [3.05, 3.63) is 29.3 Å². The molecular weight excluding hydrogens is 261 g/mol. The van der Waals surface area contributed by atoms with Crippen LogP contribution in [-0.2, 0) is 4.57 Å². The zero-order valence-electron chi connectivity index (χ0n) is 10.9. The van der Waals surface area contributed by atoms with Crippen LogP contribution in [0.3, 0.4) is 0 Å². The van der Waals surface area contributed by atoms with E-state index >= 15 is 0 Å². The van der Waals surface area contributed by atoms with Gasteiger partial charge in [-0.2, -0.15) is 0 Å². The maximum Gasteiger partial charge on any atom is 1.00 e. The van der Waals surface area contributed by atoms with E-state index in [0.717, 1.165) is 5.56 Å². The minimum Gasteiger partial charge on any atom is -0.598 e. The first-order valence-corrected chi connectivity index (χ1v) is 5.55. The summed E-state index contributed by atoms with van der Waals surface area (Å²) < 4.78 is 8.48. The van der Waals surface area contributed by atoms with Gasteiger partial charge in [-0.1, -0.05) is 30.5 Å². The molecule has 0 saturated heterocycles. The Balaban J connectivity index is -0.000000289. The quantitative estimate of drug-likeness (QED) is 0.412. The fourth-order valence-corrected chi connectivity index (χ4v) is 0.986. The summed E-state index contributed by atoms with van der Waals surface area (Å²) >= 11 is 0. The van der Waals surface area contributed by atoms with Crippen molar-refractivity contribution >= 4 is 8.25 Å². The molecule has 0 heterocycles. The third kappa shape index (κ3) is 11.8. The first kappa shape index (κ1) is 23.2. The van der Waals surface area contributed by atoms with Gasteiger partial charge in [0.25, 0.3) is 8.25 Å². The molecule has 0 saturated carbocycles. The minimum atomic E-state index is -3.37. The standard InChI is InChI=1S/C10H14O.2Na.HO3P/c1-7(2)9-5-4-8(3)10(11)6-9;;;1-4(2)3/h4-7,11H,1-3H3;;;(H,1,2,3)/q;2*+1;/p-1. The molecule has 0 aliphatic rings. The van der Waals surface area contributed by atoms with Crippen LogP contribution in [0.2, 0.25) is 0 Å². The van der Waals surface area contributed by atoms with E-state index in [0.29, 0.717) is 11.7 Å². The maximum absolute atomic E-state index is 9.35. The molecule has 0 aliphatic carbocycles. The molecule has 0 unspecified atom stereocenters. The number of hydrogen-bond acceptors (Lipinski definition) is 4. The van der Waals surface area contributed by atoms with E-state index in [9.17, 15) is 5.11 Å². The number of rotatable bonds is 1. The Kier molecular flexibility index (Phi) is 16.5. The topological polar surface area (TPSA) is 83.4 Å². The first-order chi connectivity index (χ1) is 6.84. The number of phenolic OH excluding ortho intramolecular Hbond substituents is 1. The summed E-state index contributed by atoms with van der Waals surface area (Å²) in [5.74, 6) is 0.887. The Labute approximate surface area is 147 Å². The van der Waals surface area contributed by atoms with Crippen LogP contribution in [-0.4, -0.2) is 5.11 Å². The van der Waals surface area contributed by atoms with E-state index in [-0.39, 0.29) is 59.1 Å². The summed E-state index contributed by atoms with van der Waals surface area (Å²) in [6.07, 6.45) is 0. The van der Waals surface area contributed by atoms with Crippen LogP contribution < -0.4 is 68.9 Å². The van der Waals surface area contributed by atoms with Gasteiger partial charge < -0.3 is 14.9 Å². The molecule has 7 heteroatoms. The van der Waals surface area contributed by atoms with Gasteiger partial charge in [0.05, 0.1) is 0 Å². The van der Waals surface area contributed by atoms with Gasteiger partial charge in [-0.05, 0) is 30.0 Å². The second kappa shape index (κ2) is 12.1. The summed E-state index contributed by atoms with van der Waals surface area (Å²) in [7, 11) is -3.37. The molecule has 0 aromatic heterocycles. The van der Waals surface area contributed by atoms with Gasteiger partial charge in [-0.25, -0.2) is 0 Å². The summed E-state index contributed by atoms with van der Waals surface area (Å²) in [5.41, 5.74) is 2.13. The van der Waals surface area contributed by atoms with Gasteiger partial charge in [0.15, 0.2) is 0 Å². The van der Waals surface area contributed by atoms with Crippen LogP contribution in [0, 0.1) is 6.92 Å². The molecule has 1 aromatic rings. The van der Waals surface area contributed by atoms with E-state index in [4.69, 9.17) is 14.4 Å². The summed E-state index contributed by atoms with van der Waals surface area (Å²) in [4.78, 5) is 17.0. The third-order valence-corrected chi connectivity index (χ3v) is 1.90. The van der Waals surface area contributed by atoms with Crippen molar-refractivity contribution in [2.75, 3.05) is 0 Å². The van der Waals surface area contributed by atoms with E-state index in [1.165, 1.54) is 5.56 Å². The molecule has 0 radical (unpaired) electrons. The zero-order chi connectivity index (χ0) is 12.0. The van der Waals surface area contributed by atoms with Crippen LogP contribution in [0.1, 0.15) is 30.9 Å². The third-order valence-electron chi connectivity index (χ3n) is 1.90. The van der Waals surface area contributed by atoms with Gasteiger partial charge in [-0.3, -0.25) is 0 Å². The average molecular weight is 275 g/mol. The van der Waals surface area contributed by atoms with Crippen LogP contribution in [0.15, 0.2) is 18.2 Å². The number of phenols is 1. The number of aryl methyl sites for hydroxylation is 1. The van der Waals surface area contributed by atoms with Crippen molar-refractivity contribution in [3.8, 4) is 5.75 Å². The molecular formula is C10H14Na2O4P+. The molecule has 1 rings (SSSR count). The van der Waals surface area contributed by atoms with Crippen LogP contribution in [0.4, 0.5) is 0 Å². The molecule has 4 nitrogen and oxygen atoms in total. The number of benzene rings is 1. The average Bonchev–Trinajstić information content (AvgIpc) is 2.08. The van der Waals surface area contributed by atoms with Crippen LogP contribution in [0.5, 0.6) is 5.75 Å². The molecule has 1 N–H and O–H groups in total. The molecule has 0 spiro atoms. The second-order valence-electron chi connectivity index (χ2n) is 3.42. The Bertz CT molecular complexity index is 341. The van der Waals surface area contributed by atoms with Gasteiger partial charge in [0, 0.05) is 0 Å². The summed E-state index contributed by atoms with van der Waals surface area (Å²) in [6.45, 7) is 6.13. The molecule has 0 fully saturated rings. The van der Waals surface area contributed by atoms with Crippen molar-refractivity contribution in [2.24, 2.45) is 0 Å². The van der Waals surface area contributed by atoms with Crippen molar-refractivity contribution in [1.82, 2.24) is 0 Å². The van der Waals surface area contributed by atoms with E-state index in [1.54, 1.807) is 0 Å². The predicted octanol–water partition coefficient (Wildman–Crippen LogP) is -4.80. The Hall–Kier alpha value is 1.04. The number of aromatic hydroxyl groups is 1. The number of hydrogen-bond donors (Lipinski definition) is 1. The van der Waals surface area contributed by atoms with Gasteiger partial charge in [0.1, 0.15) is 5.75 Å². The molecule has 0 amide bonds. The fourth-order valence-electron chi connectivity index (χ4n) is 0.986. The SMILES string of the molecule is Cc1ccc(C(C)C)cc1O.O=[P+]([O-])[O-].[Na+].[Na+]. The van der Waals surface area contributed by atoms with Crippen molar-refractivity contribution in [2.45, 2.75) is 26.7 Å². The van der Waals surface area contributed by atoms with Gasteiger partial charge in [0.2, 0.25) is 0 Å². The predicted molar refractivity (Wildman–Crippen MR) is 54.5 cm³/mol. The molecule has 84 valence electrons. The Morgan fingerprint density at radius 1 is 1.24 bits per heavy atom. The first-order valence-electron chi connectivity index (χ1n) is 4.45. The summed E-state index contributed by atoms with van der Waals surface area (Å²) in [6, 6.07) is 5.84. The van der Waals surface area contributed by atoms with E-state index in [2.05, 4.69) is 19.9 Å². The minimum absolute atomic E-state index is 0. The van der Waals surface area contributed by atoms with E-state index < -0.39 is 8.25 Å². The van der Waals surface area contributed by atoms with Crippen molar-refractivity contribution in [3.63, 3.8) is 0 Å². The monoisotopic (exact) mass is 275 g/mol. The normalized spacial score (nSPS) is 8.35. The van der Waals surface area contributed by atoms with E-state index in [1.807, 2.05) is 19.1 Å². The van der Waals surface area contributed by atoms with Crippen molar-refractivity contribution in [1.29, 1.82) is 0 Å².